The summed E-state index contributed by atoms with van der Waals surface area (Å²) in [4.78, 5) is 11.9. The highest BCUT2D eigenvalue weighted by Gasteiger charge is 2.08. The summed E-state index contributed by atoms with van der Waals surface area (Å²) in [5.41, 5.74) is 6.06. The van der Waals surface area contributed by atoms with E-state index in [4.69, 9.17) is 15.2 Å². The number of unbranched alkanes of at least 4 members (excludes halogenated alkanes) is 3. The van der Waals surface area contributed by atoms with Gasteiger partial charge >= 0.3 is 0 Å². The summed E-state index contributed by atoms with van der Waals surface area (Å²) >= 11 is 0. The highest BCUT2D eigenvalue weighted by atomic mass is 35.5. The van der Waals surface area contributed by atoms with E-state index in [2.05, 4.69) is 5.32 Å². The van der Waals surface area contributed by atoms with Crippen LogP contribution < -0.4 is 20.5 Å². The van der Waals surface area contributed by atoms with Gasteiger partial charge in [-0.15, -0.1) is 12.4 Å². The zero-order valence-corrected chi connectivity index (χ0v) is 13.5. The third-order valence-corrected chi connectivity index (χ3v) is 3.04. The molecule has 0 spiro atoms. The van der Waals surface area contributed by atoms with Crippen LogP contribution in [0.3, 0.4) is 0 Å². The molecule has 0 radical (unpaired) electrons. The molecule has 1 aromatic rings. The van der Waals surface area contributed by atoms with Crippen molar-refractivity contribution < 1.29 is 14.3 Å². The maximum absolute atomic E-state index is 11.9. The number of carbonyl (C=O) groups is 1. The van der Waals surface area contributed by atoms with Crippen molar-refractivity contribution in [1.82, 2.24) is 0 Å². The van der Waals surface area contributed by atoms with Gasteiger partial charge in [0.05, 0.1) is 19.9 Å². The maximum atomic E-state index is 11.9. The van der Waals surface area contributed by atoms with Crippen molar-refractivity contribution in [2.45, 2.75) is 32.1 Å². The number of rotatable bonds is 9. The van der Waals surface area contributed by atoms with Gasteiger partial charge < -0.3 is 20.5 Å². The number of ether oxygens (including phenoxy) is 2. The van der Waals surface area contributed by atoms with Crippen LogP contribution in [0.15, 0.2) is 18.2 Å². The molecule has 0 aliphatic carbocycles. The topological polar surface area (TPSA) is 73.6 Å². The number of carbonyl (C=O) groups excluding carboxylic acids is 1. The van der Waals surface area contributed by atoms with Crippen LogP contribution in [0.25, 0.3) is 0 Å². The number of anilines is 1. The van der Waals surface area contributed by atoms with Gasteiger partial charge in [0.1, 0.15) is 11.5 Å². The van der Waals surface area contributed by atoms with Gasteiger partial charge in [0.2, 0.25) is 5.91 Å². The van der Waals surface area contributed by atoms with Crippen molar-refractivity contribution in [2.24, 2.45) is 5.73 Å². The molecule has 21 heavy (non-hydrogen) atoms. The minimum absolute atomic E-state index is 0. The van der Waals surface area contributed by atoms with Crippen molar-refractivity contribution in [3.8, 4) is 11.5 Å². The lowest BCUT2D eigenvalue weighted by Gasteiger charge is -2.11. The van der Waals surface area contributed by atoms with Crippen molar-refractivity contribution >= 4 is 24.0 Å². The fourth-order valence-electron chi connectivity index (χ4n) is 1.91. The Kier molecular flexibility index (Phi) is 10.4. The Morgan fingerprint density at radius 2 is 1.86 bits per heavy atom. The highest BCUT2D eigenvalue weighted by molar-refractivity contribution is 5.92. The van der Waals surface area contributed by atoms with Crippen LogP contribution >= 0.6 is 12.4 Å². The molecular weight excluding hydrogens is 292 g/mol. The molecule has 3 N–H and O–H groups in total. The molecule has 0 saturated heterocycles. The number of amides is 1. The molecule has 0 atom stereocenters. The summed E-state index contributed by atoms with van der Waals surface area (Å²) < 4.78 is 10.4. The normalized spacial score (nSPS) is 9.67. The number of hydrogen-bond acceptors (Lipinski definition) is 4. The smallest absolute Gasteiger partial charge is 0.224 e. The van der Waals surface area contributed by atoms with Crippen LogP contribution in [-0.4, -0.2) is 26.7 Å². The molecule has 1 amide bonds. The lowest BCUT2D eigenvalue weighted by molar-refractivity contribution is -0.116. The Hall–Kier alpha value is -1.46. The molecule has 6 heteroatoms. The first-order valence-corrected chi connectivity index (χ1v) is 6.93. The largest absolute Gasteiger partial charge is 0.497 e. The predicted octanol–water partition coefficient (Wildman–Crippen LogP) is 2.97. The second-order valence-electron chi connectivity index (χ2n) is 4.57. The zero-order chi connectivity index (χ0) is 14.8. The predicted molar refractivity (Wildman–Crippen MR) is 87.6 cm³/mol. The number of hydrogen-bond donors (Lipinski definition) is 2. The Morgan fingerprint density at radius 3 is 2.48 bits per heavy atom. The molecule has 0 fully saturated rings. The highest BCUT2D eigenvalue weighted by Crippen LogP contribution is 2.29. The van der Waals surface area contributed by atoms with E-state index in [0.717, 1.165) is 25.7 Å². The first-order chi connectivity index (χ1) is 9.71. The van der Waals surface area contributed by atoms with Gasteiger partial charge in [-0.25, -0.2) is 0 Å². The maximum Gasteiger partial charge on any atom is 0.224 e. The van der Waals surface area contributed by atoms with Crippen LogP contribution in [0.1, 0.15) is 32.1 Å². The molecule has 0 aromatic heterocycles. The third kappa shape index (κ3) is 7.20. The standard InChI is InChI=1S/C15H24N2O3.ClH/c1-19-12-8-9-14(20-2)13(11-12)17-15(18)7-5-3-4-6-10-16;/h8-9,11H,3-7,10,16H2,1-2H3,(H,17,18);1H. The molecule has 0 bridgehead atoms. The minimum Gasteiger partial charge on any atom is -0.497 e. The van der Waals surface area contributed by atoms with E-state index in [1.165, 1.54) is 0 Å². The van der Waals surface area contributed by atoms with E-state index in [-0.39, 0.29) is 18.3 Å². The summed E-state index contributed by atoms with van der Waals surface area (Å²) in [6.07, 6.45) is 4.50. The fourth-order valence-corrected chi connectivity index (χ4v) is 1.91. The average Bonchev–Trinajstić information content (AvgIpc) is 2.47. The SMILES string of the molecule is COc1ccc(OC)c(NC(=O)CCCCCCN)c1.Cl. The zero-order valence-electron chi connectivity index (χ0n) is 12.7. The summed E-state index contributed by atoms with van der Waals surface area (Å²) in [6, 6.07) is 5.32. The molecule has 0 aliphatic rings. The first-order valence-electron chi connectivity index (χ1n) is 6.93. The molecular formula is C15H25ClN2O3. The van der Waals surface area contributed by atoms with Crippen LogP contribution in [0, 0.1) is 0 Å². The summed E-state index contributed by atoms with van der Waals surface area (Å²) in [5, 5.41) is 2.86. The number of benzene rings is 1. The molecule has 0 unspecified atom stereocenters. The van der Waals surface area contributed by atoms with E-state index in [9.17, 15) is 4.79 Å². The van der Waals surface area contributed by atoms with E-state index in [0.29, 0.717) is 30.2 Å². The van der Waals surface area contributed by atoms with Crippen LogP contribution in [0.5, 0.6) is 11.5 Å². The van der Waals surface area contributed by atoms with Gasteiger partial charge in [0.15, 0.2) is 0 Å². The monoisotopic (exact) mass is 316 g/mol. The number of nitrogens with one attached hydrogen (secondary N) is 1. The average molecular weight is 317 g/mol. The van der Waals surface area contributed by atoms with Crippen molar-refractivity contribution in [2.75, 3.05) is 26.1 Å². The van der Waals surface area contributed by atoms with E-state index < -0.39 is 0 Å². The van der Waals surface area contributed by atoms with Gasteiger partial charge in [-0.05, 0) is 31.5 Å². The number of halogens is 1. The van der Waals surface area contributed by atoms with E-state index >= 15 is 0 Å². The second-order valence-corrected chi connectivity index (χ2v) is 4.57. The molecule has 1 rings (SSSR count). The van der Waals surface area contributed by atoms with Crippen molar-refractivity contribution in [1.29, 1.82) is 0 Å². The van der Waals surface area contributed by atoms with Crippen molar-refractivity contribution in [3.63, 3.8) is 0 Å². The van der Waals surface area contributed by atoms with Crippen LogP contribution in [-0.2, 0) is 4.79 Å². The summed E-state index contributed by atoms with van der Waals surface area (Å²) in [6.45, 7) is 0.715. The van der Waals surface area contributed by atoms with Crippen LogP contribution in [0.2, 0.25) is 0 Å². The molecule has 5 nitrogen and oxygen atoms in total. The molecule has 0 saturated carbocycles. The van der Waals surface area contributed by atoms with Gasteiger partial charge in [0, 0.05) is 12.5 Å². The van der Waals surface area contributed by atoms with Gasteiger partial charge in [-0.2, -0.15) is 0 Å². The van der Waals surface area contributed by atoms with E-state index in [1.807, 2.05) is 0 Å². The Balaban J connectivity index is 0.00000400. The minimum atomic E-state index is -0.00991. The number of methoxy groups -OCH3 is 2. The Labute approximate surface area is 132 Å². The Bertz CT molecular complexity index is 427. The number of nitrogens with two attached hydrogens (primary N) is 1. The van der Waals surface area contributed by atoms with Crippen molar-refractivity contribution in [3.05, 3.63) is 18.2 Å². The van der Waals surface area contributed by atoms with E-state index in [1.54, 1.807) is 32.4 Å². The third-order valence-electron chi connectivity index (χ3n) is 3.04. The van der Waals surface area contributed by atoms with Gasteiger partial charge in [-0.3, -0.25) is 4.79 Å². The molecule has 0 aliphatic heterocycles. The summed E-state index contributed by atoms with van der Waals surface area (Å²) in [5.74, 6) is 1.30. The second kappa shape index (κ2) is 11.2. The quantitative estimate of drug-likeness (QED) is 0.687. The molecule has 1 aromatic carbocycles. The lowest BCUT2D eigenvalue weighted by Crippen LogP contribution is -2.12. The van der Waals surface area contributed by atoms with Gasteiger partial charge in [0.25, 0.3) is 0 Å². The van der Waals surface area contributed by atoms with Gasteiger partial charge in [-0.1, -0.05) is 12.8 Å². The summed E-state index contributed by atoms with van der Waals surface area (Å²) in [7, 11) is 3.16. The Morgan fingerprint density at radius 1 is 1.14 bits per heavy atom. The fraction of sp³-hybridized carbons (Fsp3) is 0.533. The van der Waals surface area contributed by atoms with Crippen LogP contribution in [0.4, 0.5) is 5.69 Å². The molecule has 120 valence electrons. The first kappa shape index (κ1) is 19.5. The molecule has 0 heterocycles. The lowest BCUT2D eigenvalue weighted by atomic mass is 10.1.